The second-order valence-electron chi connectivity index (χ2n) is 9.21. The van der Waals surface area contributed by atoms with Gasteiger partial charge < -0.3 is 0 Å². The van der Waals surface area contributed by atoms with Crippen molar-refractivity contribution in [2.24, 2.45) is 0 Å². The van der Waals surface area contributed by atoms with Crippen LogP contribution in [-0.4, -0.2) is 9.78 Å². The van der Waals surface area contributed by atoms with Crippen LogP contribution >= 0.6 is 11.8 Å². The van der Waals surface area contributed by atoms with Crippen LogP contribution in [0.3, 0.4) is 0 Å². The number of benzene rings is 1. The number of rotatable bonds is 6. The molecule has 0 fully saturated rings. The van der Waals surface area contributed by atoms with Crippen molar-refractivity contribution >= 4 is 11.8 Å². The molecule has 0 saturated heterocycles. The third kappa shape index (κ3) is 5.71. The molecule has 3 nitrogen and oxygen atoms in total. The maximum absolute atomic E-state index is 13.0. The standard InChI is InChI=1S/C23H34N2OS/c1-8-9-10-19-20(15-24-25(21(19)26)23(5,6)7)27-16-17-11-13-18(14-12-17)22(2,3)4/h11-15H,8-10,16H2,1-7H3. The van der Waals surface area contributed by atoms with Gasteiger partial charge in [-0.3, -0.25) is 4.79 Å². The van der Waals surface area contributed by atoms with Crippen LogP contribution < -0.4 is 5.56 Å². The fourth-order valence-corrected chi connectivity index (χ4v) is 3.92. The minimum atomic E-state index is -0.302. The van der Waals surface area contributed by atoms with Crippen LogP contribution in [0.5, 0.6) is 0 Å². The number of unbranched alkanes of at least 4 members (excludes halogenated alkanes) is 1. The van der Waals surface area contributed by atoms with Crippen LogP contribution in [0.4, 0.5) is 0 Å². The molecule has 0 amide bonds. The van der Waals surface area contributed by atoms with Crippen LogP contribution in [0.25, 0.3) is 0 Å². The molecule has 0 N–H and O–H groups in total. The molecule has 0 aliphatic heterocycles. The van der Waals surface area contributed by atoms with E-state index >= 15 is 0 Å². The van der Waals surface area contributed by atoms with Gasteiger partial charge in [-0.1, -0.05) is 58.4 Å². The summed E-state index contributed by atoms with van der Waals surface area (Å²) in [5.74, 6) is 0.851. The summed E-state index contributed by atoms with van der Waals surface area (Å²) in [5, 5.41) is 4.46. The van der Waals surface area contributed by atoms with E-state index in [0.717, 1.165) is 35.5 Å². The van der Waals surface area contributed by atoms with Crippen molar-refractivity contribution in [1.82, 2.24) is 9.78 Å². The molecule has 1 aromatic heterocycles. The Bertz CT molecular complexity index is 808. The molecule has 4 heteroatoms. The average molecular weight is 387 g/mol. The summed E-state index contributed by atoms with van der Waals surface area (Å²) < 4.78 is 1.63. The number of aromatic nitrogens is 2. The van der Waals surface area contributed by atoms with Crippen molar-refractivity contribution < 1.29 is 0 Å². The summed E-state index contributed by atoms with van der Waals surface area (Å²) in [5.41, 5.74) is 3.45. The summed E-state index contributed by atoms with van der Waals surface area (Å²) in [7, 11) is 0. The first kappa shape index (κ1) is 21.7. The summed E-state index contributed by atoms with van der Waals surface area (Å²) in [6.07, 6.45) is 4.80. The Balaban J connectivity index is 2.25. The van der Waals surface area contributed by atoms with E-state index in [1.165, 1.54) is 11.1 Å². The van der Waals surface area contributed by atoms with E-state index < -0.39 is 0 Å². The van der Waals surface area contributed by atoms with Crippen molar-refractivity contribution in [3.05, 3.63) is 57.5 Å². The third-order valence-corrected chi connectivity index (χ3v) is 5.81. The molecule has 0 atom stereocenters. The normalized spacial score (nSPS) is 12.4. The number of hydrogen-bond acceptors (Lipinski definition) is 3. The molecule has 148 valence electrons. The fourth-order valence-electron chi connectivity index (χ4n) is 2.92. The van der Waals surface area contributed by atoms with Gasteiger partial charge in [-0.05, 0) is 50.2 Å². The molecule has 0 saturated carbocycles. The molecule has 0 radical (unpaired) electrons. The first-order valence-electron chi connectivity index (χ1n) is 9.88. The smallest absolute Gasteiger partial charge is 0.267 e. The number of thioether (sulfide) groups is 1. The SMILES string of the molecule is CCCCc1c(SCc2ccc(C(C)(C)C)cc2)cnn(C(C)(C)C)c1=O. The molecule has 27 heavy (non-hydrogen) atoms. The largest absolute Gasteiger partial charge is 0.271 e. The van der Waals surface area contributed by atoms with Gasteiger partial charge in [-0.2, -0.15) is 5.10 Å². The van der Waals surface area contributed by atoms with Gasteiger partial charge in [0.05, 0.1) is 11.7 Å². The lowest BCUT2D eigenvalue weighted by molar-refractivity contribution is 0.333. The van der Waals surface area contributed by atoms with Crippen molar-refractivity contribution in [3.63, 3.8) is 0 Å². The highest BCUT2D eigenvalue weighted by molar-refractivity contribution is 7.98. The first-order chi connectivity index (χ1) is 12.5. The lowest BCUT2D eigenvalue weighted by atomic mass is 9.87. The van der Waals surface area contributed by atoms with Gasteiger partial charge >= 0.3 is 0 Å². The van der Waals surface area contributed by atoms with E-state index in [2.05, 4.69) is 57.1 Å². The zero-order chi connectivity index (χ0) is 20.2. The quantitative estimate of drug-likeness (QED) is 0.577. The topological polar surface area (TPSA) is 34.9 Å². The third-order valence-electron chi connectivity index (χ3n) is 4.67. The van der Waals surface area contributed by atoms with Gasteiger partial charge in [0.2, 0.25) is 0 Å². The molecule has 1 aromatic carbocycles. The average Bonchev–Trinajstić information content (AvgIpc) is 2.57. The fraction of sp³-hybridized carbons (Fsp3) is 0.565. The Hall–Kier alpha value is -1.55. The number of hydrogen-bond donors (Lipinski definition) is 0. The van der Waals surface area contributed by atoms with Crippen LogP contribution in [0.1, 0.15) is 78.0 Å². The Kier molecular flexibility index (Phi) is 6.96. The Labute approximate surface area is 168 Å². The predicted octanol–water partition coefficient (Wildman–Crippen LogP) is 5.93. The molecule has 2 aromatic rings. The molecule has 0 aliphatic carbocycles. The molecule has 1 heterocycles. The first-order valence-corrected chi connectivity index (χ1v) is 10.9. The van der Waals surface area contributed by atoms with Gasteiger partial charge in [0.15, 0.2) is 0 Å². The minimum Gasteiger partial charge on any atom is -0.267 e. The summed E-state index contributed by atoms with van der Waals surface area (Å²) >= 11 is 1.72. The van der Waals surface area contributed by atoms with Gasteiger partial charge in [-0.15, -0.1) is 11.8 Å². The van der Waals surface area contributed by atoms with Crippen molar-refractivity contribution in [2.75, 3.05) is 0 Å². The van der Waals surface area contributed by atoms with Gasteiger partial charge in [0.25, 0.3) is 5.56 Å². The predicted molar refractivity (Wildman–Crippen MR) is 117 cm³/mol. The van der Waals surface area contributed by atoms with E-state index in [4.69, 9.17) is 0 Å². The van der Waals surface area contributed by atoms with Crippen LogP contribution in [0.2, 0.25) is 0 Å². The second kappa shape index (κ2) is 8.64. The van der Waals surface area contributed by atoms with E-state index in [0.29, 0.717) is 0 Å². The summed E-state index contributed by atoms with van der Waals surface area (Å²) in [4.78, 5) is 14.0. The Morgan fingerprint density at radius 2 is 1.67 bits per heavy atom. The van der Waals surface area contributed by atoms with Crippen molar-refractivity contribution in [3.8, 4) is 0 Å². The van der Waals surface area contributed by atoms with Crippen LogP contribution in [0, 0.1) is 0 Å². The highest BCUT2D eigenvalue weighted by atomic mass is 32.2. The summed E-state index contributed by atoms with van der Waals surface area (Å²) in [6.45, 7) is 14.9. The van der Waals surface area contributed by atoms with Crippen molar-refractivity contribution in [1.29, 1.82) is 0 Å². The van der Waals surface area contributed by atoms with E-state index in [1.54, 1.807) is 16.4 Å². The zero-order valence-electron chi connectivity index (χ0n) is 17.9. The Morgan fingerprint density at radius 3 is 2.19 bits per heavy atom. The molecule has 0 spiro atoms. The molecule has 0 aliphatic rings. The van der Waals surface area contributed by atoms with Crippen LogP contribution in [0.15, 0.2) is 40.2 Å². The van der Waals surface area contributed by atoms with Gasteiger partial charge in [0.1, 0.15) is 0 Å². The van der Waals surface area contributed by atoms with E-state index in [9.17, 15) is 4.79 Å². The van der Waals surface area contributed by atoms with Gasteiger partial charge in [-0.25, -0.2) is 4.68 Å². The Morgan fingerprint density at radius 1 is 1.04 bits per heavy atom. The molecular formula is C23H34N2OS. The van der Waals surface area contributed by atoms with Crippen LogP contribution in [-0.2, 0) is 23.1 Å². The highest BCUT2D eigenvalue weighted by Gasteiger charge is 2.20. The monoisotopic (exact) mass is 386 g/mol. The van der Waals surface area contributed by atoms with Crippen molar-refractivity contribution in [2.45, 2.75) is 89.3 Å². The zero-order valence-corrected chi connectivity index (χ0v) is 18.7. The maximum Gasteiger partial charge on any atom is 0.271 e. The van der Waals surface area contributed by atoms with E-state index in [1.807, 2.05) is 27.0 Å². The maximum atomic E-state index is 13.0. The second-order valence-corrected chi connectivity index (χ2v) is 10.2. The molecule has 0 unspecified atom stereocenters. The lowest BCUT2D eigenvalue weighted by Crippen LogP contribution is -2.37. The van der Waals surface area contributed by atoms with E-state index in [-0.39, 0.29) is 16.5 Å². The molecule has 2 rings (SSSR count). The molecule has 0 bridgehead atoms. The number of nitrogens with zero attached hydrogens (tertiary/aromatic N) is 2. The lowest BCUT2D eigenvalue weighted by Gasteiger charge is -2.22. The minimum absolute atomic E-state index is 0.0593. The molecular weight excluding hydrogens is 352 g/mol. The highest BCUT2D eigenvalue weighted by Crippen LogP contribution is 2.28. The van der Waals surface area contributed by atoms with Gasteiger partial charge in [0, 0.05) is 16.2 Å². The summed E-state index contributed by atoms with van der Waals surface area (Å²) in [6, 6.07) is 8.82.